The fourth-order valence-electron chi connectivity index (χ4n) is 5.48. The lowest BCUT2D eigenvalue weighted by Gasteiger charge is -2.22. The second-order valence-corrected chi connectivity index (χ2v) is 10.1. The Morgan fingerprint density at radius 3 is 2.63 bits per heavy atom. The highest BCUT2D eigenvalue weighted by Gasteiger charge is 2.54. The van der Waals surface area contributed by atoms with Gasteiger partial charge in [0.05, 0.1) is 34.8 Å². The lowest BCUT2D eigenvalue weighted by atomic mass is 9.85. The Labute approximate surface area is 203 Å². The number of benzene rings is 3. The molecule has 0 aliphatic heterocycles. The van der Waals surface area contributed by atoms with Gasteiger partial charge in [0.1, 0.15) is 11.6 Å². The number of hydrogen-bond donors (Lipinski definition) is 4. The van der Waals surface area contributed by atoms with E-state index < -0.39 is 0 Å². The molecule has 174 valence electrons. The molecule has 2 aromatic heterocycles. The van der Waals surface area contributed by atoms with Crippen LogP contribution in [0.3, 0.4) is 0 Å². The summed E-state index contributed by atoms with van der Waals surface area (Å²) in [5.74, 6) is 11.2. The van der Waals surface area contributed by atoms with Crippen molar-refractivity contribution in [3.8, 4) is 11.8 Å². The van der Waals surface area contributed by atoms with Gasteiger partial charge >= 0.3 is 0 Å². The van der Waals surface area contributed by atoms with Gasteiger partial charge in [0, 0.05) is 22.4 Å². The van der Waals surface area contributed by atoms with E-state index in [1.54, 1.807) is 0 Å². The van der Waals surface area contributed by atoms with Crippen molar-refractivity contribution in [1.29, 1.82) is 0 Å². The van der Waals surface area contributed by atoms with Crippen molar-refractivity contribution in [2.45, 2.75) is 44.8 Å². The number of aromatic nitrogens is 4. The van der Waals surface area contributed by atoms with Crippen LogP contribution in [0, 0.1) is 23.7 Å². The summed E-state index contributed by atoms with van der Waals surface area (Å²) in [5, 5.41) is 5.66. The topological polar surface area (TPSA) is 95.4 Å². The molecule has 2 heterocycles. The zero-order valence-electron chi connectivity index (χ0n) is 19.7. The lowest BCUT2D eigenvalue weighted by molar-refractivity contribution is 0.374. The monoisotopic (exact) mass is 460 g/mol. The number of H-pyrrole nitrogens is 2. The third-order valence-corrected chi connectivity index (χ3v) is 7.75. The van der Waals surface area contributed by atoms with Crippen LogP contribution < -0.4 is 11.1 Å². The molecular formula is C29H28N6. The summed E-state index contributed by atoms with van der Waals surface area (Å²) in [6, 6.07) is 16.8. The maximum absolute atomic E-state index is 5.95. The van der Waals surface area contributed by atoms with Crippen LogP contribution in [0.5, 0.6) is 0 Å². The Hall–Kier alpha value is -3.66. The van der Waals surface area contributed by atoms with Crippen LogP contribution in [-0.4, -0.2) is 26.1 Å². The molecule has 5 N–H and O–H groups in total. The van der Waals surface area contributed by atoms with Crippen molar-refractivity contribution >= 4 is 32.8 Å². The number of nitrogens with zero attached hydrogens (tertiary/aromatic N) is 2. The fourth-order valence-corrected chi connectivity index (χ4v) is 5.48. The molecule has 3 aromatic carbocycles. The molecule has 4 atom stereocenters. The van der Waals surface area contributed by atoms with Crippen molar-refractivity contribution in [2.75, 3.05) is 0 Å². The highest BCUT2D eigenvalue weighted by atomic mass is 15.1. The quantitative estimate of drug-likeness (QED) is 0.222. The molecule has 2 saturated carbocycles. The normalized spacial score (nSPS) is 21.5. The van der Waals surface area contributed by atoms with E-state index in [1.807, 2.05) is 12.1 Å². The molecule has 5 aromatic rings. The molecule has 6 nitrogen and oxygen atoms in total. The van der Waals surface area contributed by atoms with Crippen molar-refractivity contribution in [3.05, 3.63) is 71.3 Å². The summed E-state index contributed by atoms with van der Waals surface area (Å²) < 4.78 is 0. The van der Waals surface area contributed by atoms with Crippen LogP contribution in [0.1, 0.15) is 54.9 Å². The molecule has 6 heteroatoms. The van der Waals surface area contributed by atoms with E-state index in [0.29, 0.717) is 12.5 Å². The van der Waals surface area contributed by atoms with Crippen LogP contribution >= 0.6 is 0 Å². The summed E-state index contributed by atoms with van der Waals surface area (Å²) in [5.41, 5.74) is 12.0. The van der Waals surface area contributed by atoms with E-state index in [9.17, 15) is 0 Å². The van der Waals surface area contributed by atoms with E-state index in [2.05, 4.69) is 75.4 Å². The van der Waals surface area contributed by atoms with Gasteiger partial charge in [-0.05, 0) is 72.9 Å². The van der Waals surface area contributed by atoms with Crippen molar-refractivity contribution in [2.24, 2.45) is 17.6 Å². The molecule has 0 saturated heterocycles. The molecule has 7 rings (SSSR count). The van der Waals surface area contributed by atoms with Crippen molar-refractivity contribution < 1.29 is 0 Å². The standard InChI is InChI=1S/C29H28N6/c1-2-26(30)31-15-27-32-23-9-6-17(12-25(23)33-27)4-3-16-5-8-20-18(11-16)7-10-24-28(20)35-29(34-24)22-14-19-13-21(19)22/h5-12,19,21-22,26,31H,2,13-15,30H2,1H3,(H,32,33)(H,34,35)/t19-,21?,22-,26?/m1/s1. The summed E-state index contributed by atoms with van der Waals surface area (Å²) in [4.78, 5) is 16.6. The van der Waals surface area contributed by atoms with Gasteiger partial charge in [-0.1, -0.05) is 30.9 Å². The number of nitrogens with two attached hydrogens (primary N) is 1. The number of hydrogen-bond acceptors (Lipinski definition) is 4. The predicted molar refractivity (Wildman–Crippen MR) is 140 cm³/mol. The van der Waals surface area contributed by atoms with E-state index in [1.165, 1.54) is 29.4 Å². The van der Waals surface area contributed by atoms with Crippen LogP contribution in [0.4, 0.5) is 0 Å². The first-order chi connectivity index (χ1) is 17.1. The molecule has 0 bridgehead atoms. The lowest BCUT2D eigenvalue weighted by Crippen LogP contribution is -2.36. The van der Waals surface area contributed by atoms with Gasteiger partial charge in [-0.2, -0.15) is 0 Å². The molecule has 2 fully saturated rings. The van der Waals surface area contributed by atoms with Gasteiger partial charge in [0.2, 0.25) is 0 Å². The van der Waals surface area contributed by atoms with Crippen molar-refractivity contribution in [3.63, 3.8) is 0 Å². The Balaban J connectivity index is 1.14. The first-order valence-corrected chi connectivity index (χ1v) is 12.6. The minimum atomic E-state index is -0.0220. The van der Waals surface area contributed by atoms with Gasteiger partial charge in [0.25, 0.3) is 0 Å². The third kappa shape index (κ3) is 3.68. The van der Waals surface area contributed by atoms with Gasteiger partial charge in [-0.15, -0.1) is 0 Å². The predicted octanol–water partition coefficient (Wildman–Crippen LogP) is 4.90. The van der Waals surface area contributed by atoms with Gasteiger partial charge in [-0.25, -0.2) is 9.97 Å². The zero-order chi connectivity index (χ0) is 23.5. The number of rotatable bonds is 5. The molecule has 0 radical (unpaired) electrons. The molecular weight excluding hydrogens is 432 g/mol. The van der Waals surface area contributed by atoms with E-state index in [4.69, 9.17) is 10.7 Å². The Morgan fingerprint density at radius 2 is 1.83 bits per heavy atom. The summed E-state index contributed by atoms with van der Waals surface area (Å²) in [6.45, 7) is 2.68. The average Bonchev–Trinajstić information content (AvgIpc) is 3.20. The second kappa shape index (κ2) is 7.94. The minimum absolute atomic E-state index is 0.0220. The molecule has 35 heavy (non-hydrogen) atoms. The molecule has 2 aliphatic rings. The van der Waals surface area contributed by atoms with Gasteiger partial charge in [-0.3, -0.25) is 5.32 Å². The maximum Gasteiger partial charge on any atom is 0.121 e. The Kier molecular flexibility index (Phi) is 4.70. The Morgan fingerprint density at radius 1 is 1.00 bits per heavy atom. The zero-order valence-corrected chi connectivity index (χ0v) is 19.7. The van der Waals surface area contributed by atoms with Gasteiger partial charge in [0.15, 0.2) is 0 Å². The Bertz CT molecular complexity index is 1650. The van der Waals surface area contributed by atoms with Crippen LogP contribution in [0.2, 0.25) is 0 Å². The highest BCUT2D eigenvalue weighted by Crippen LogP contribution is 2.63. The van der Waals surface area contributed by atoms with Crippen LogP contribution in [-0.2, 0) is 6.54 Å². The molecule has 0 spiro atoms. The molecule has 2 aliphatic carbocycles. The number of imidazole rings is 2. The first kappa shape index (κ1) is 20.7. The summed E-state index contributed by atoms with van der Waals surface area (Å²) in [7, 11) is 0. The van der Waals surface area contributed by atoms with E-state index in [-0.39, 0.29) is 6.17 Å². The first-order valence-electron chi connectivity index (χ1n) is 12.6. The number of fused-ring (bicyclic) bond motifs is 5. The van der Waals surface area contributed by atoms with Crippen LogP contribution in [0.15, 0.2) is 48.5 Å². The van der Waals surface area contributed by atoms with Crippen molar-refractivity contribution in [1.82, 2.24) is 25.3 Å². The van der Waals surface area contributed by atoms with Gasteiger partial charge < -0.3 is 15.7 Å². The smallest absolute Gasteiger partial charge is 0.121 e. The maximum atomic E-state index is 5.95. The van der Waals surface area contributed by atoms with E-state index in [0.717, 1.165) is 57.3 Å². The summed E-state index contributed by atoms with van der Waals surface area (Å²) >= 11 is 0. The number of nitrogens with one attached hydrogen (secondary N) is 3. The second-order valence-electron chi connectivity index (χ2n) is 10.1. The largest absolute Gasteiger partial charge is 0.341 e. The average molecular weight is 461 g/mol. The summed E-state index contributed by atoms with van der Waals surface area (Å²) in [6.07, 6.45) is 3.55. The SMILES string of the molecule is CCC(N)NCc1nc2ccc(C#Cc3ccc4c(ccc5nc([C@@H]6C[C@H]7CC76)[nH]c54)c3)cc2[nH]1. The van der Waals surface area contributed by atoms with Crippen LogP contribution in [0.25, 0.3) is 32.8 Å². The minimum Gasteiger partial charge on any atom is -0.341 e. The third-order valence-electron chi connectivity index (χ3n) is 7.75. The molecule has 2 unspecified atom stereocenters. The fraction of sp³-hybridized carbons (Fsp3) is 0.310. The number of aromatic amines is 2. The van der Waals surface area contributed by atoms with E-state index >= 15 is 0 Å². The highest BCUT2D eigenvalue weighted by molar-refractivity contribution is 6.04. The molecule has 0 amide bonds.